The van der Waals surface area contributed by atoms with Gasteiger partial charge in [-0.3, -0.25) is 0 Å². The van der Waals surface area contributed by atoms with Crippen LogP contribution in [0, 0.1) is 5.82 Å². The summed E-state index contributed by atoms with van der Waals surface area (Å²) in [7, 11) is -0.297. The standard InChI is InChI=1S/C25H34BrFN2O7SSi/c1-24(2,3)36-23(33)29(14-35-9-10-38(6,7)8)22-28-25(4,13-18(37-22)20(30)31)17-12-15(26)11-16(19(17)27)21(32)34-5/h11-13H,9-10,14H2,1-8H3,(H,30,31). The minimum Gasteiger partial charge on any atom is -0.477 e. The molecule has 1 aliphatic rings. The van der Waals surface area contributed by atoms with Gasteiger partial charge >= 0.3 is 18.0 Å². The van der Waals surface area contributed by atoms with Crippen molar-refractivity contribution in [1.29, 1.82) is 0 Å². The van der Waals surface area contributed by atoms with Gasteiger partial charge in [-0.25, -0.2) is 28.7 Å². The summed E-state index contributed by atoms with van der Waals surface area (Å²) >= 11 is 4.00. The Bertz CT molecular complexity index is 1160. The van der Waals surface area contributed by atoms with Crippen molar-refractivity contribution < 1.29 is 38.1 Å². The highest BCUT2D eigenvalue weighted by molar-refractivity contribution is 9.10. The van der Waals surface area contributed by atoms with Crippen LogP contribution in [0.1, 0.15) is 43.6 Å². The van der Waals surface area contributed by atoms with E-state index in [1.54, 1.807) is 20.8 Å². The predicted molar refractivity (Wildman–Crippen MR) is 151 cm³/mol. The average molecular weight is 634 g/mol. The van der Waals surface area contributed by atoms with Gasteiger partial charge in [0.1, 0.15) is 23.7 Å². The average Bonchev–Trinajstić information content (AvgIpc) is 2.77. The Morgan fingerprint density at radius 2 is 1.87 bits per heavy atom. The first kappa shape index (κ1) is 32.0. The number of carboxylic acid groups (broad SMARTS) is 1. The molecule has 38 heavy (non-hydrogen) atoms. The molecule has 1 aliphatic heterocycles. The zero-order chi connectivity index (χ0) is 29.1. The lowest BCUT2D eigenvalue weighted by Crippen LogP contribution is -2.43. The lowest BCUT2D eigenvalue weighted by atomic mass is 9.90. The van der Waals surface area contributed by atoms with Crippen molar-refractivity contribution in [3.63, 3.8) is 0 Å². The van der Waals surface area contributed by atoms with Gasteiger partial charge in [0, 0.05) is 24.7 Å². The molecule has 0 radical (unpaired) electrons. The van der Waals surface area contributed by atoms with E-state index in [9.17, 15) is 19.5 Å². The molecule has 0 bridgehead atoms. The largest absolute Gasteiger partial charge is 0.477 e. The van der Waals surface area contributed by atoms with Crippen LogP contribution < -0.4 is 0 Å². The third-order valence-corrected chi connectivity index (χ3v) is 8.37. The maximum atomic E-state index is 15.6. The summed E-state index contributed by atoms with van der Waals surface area (Å²) in [6.07, 6.45) is 0.477. The molecule has 0 saturated carbocycles. The normalized spacial score (nSPS) is 17.8. The molecule has 13 heteroatoms. The number of aliphatic carboxylic acids is 1. The quantitative estimate of drug-likeness (QED) is 0.156. The van der Waals surface area contributed by atoms with Gasteiger partial charge in [0.2, 0.25) is 0 Å². The maximum Gasteiger partial charge on any atom is 0.418 e. The molecule has 0 saturated heterocycles. The van der Waals surface area contributed by atoms with E-state index in [2.05, 4.69) is 40.6 Å². The summed E-state index contributed by atoms with van der Waals surface area (Å²) < 4.78 is 32.0. The molecule has 1 heterocycles. The molecular weight excluding hydrogens is 599 g/mol. The minimum absolute atomic E-state index is 0.0475. The SMILES string of the molecule is COC(=O)c1cc(Br)cc(C2(C)C=C(C(=O)O)SC(N(COCC[Si](C)(C)C)C(=O)OC(C)(C)C)=N2)c1F. The van der Waals surface area contributed by atoms with Gasteiger partial charge in [0.15, 0.2) is 5.17 Å². The lowest BCUT2D eigenvalue weighted by Gasteiger charge is -2.33. The number of ether oxygens (including phenoxy) is 3. The number of amides is 1. The first-order valence-electron chi connectivity index (χ1n) is 11.8. The number of carbonyl (C=O) groups excluding carboxylic acids is 2. The summed E-state index contributed by atoms with van der Waals surface area (Å²) in [6.45, 7) is 13.3. The molecule has 1 atom stereocenters. The fraction of sp³-hybridized carbons (Fsp3) is 0.520. The van der Waals surface area contributed by atoms with Gasteiger partial charge in [-0.05, 0) is 63.7 Å². The summed E-state index contributed by atoms with van der Waals surface area (Å²) in [4.78, 5) is 43.0. The molecule has 1 N–H and O–H groups in total. The van der Waals surface area contributed by atoms with Crippen molar-refractivity contribution >= 4 is 59.0 Å². The third kappa shape index (κ3) is 8.65. The molecule has 0 aromatic heterocycles. The number of carbonyl (C=O) groups is 3. The van der Waals surface area contributed by atoms with Crippen LogP contribution in [-0.2, 0) is 24.5 Å². The van der Waals surface area contributed by atoms with Gasteiger partial charge < -0.3 is 19.3 Å². The number of amidine groups is 1. The summed E-state index contributed by atoms with van der Waals surface area (Å²) in [5, 5.41) is 9.82. The zero-order valence-corrected chi connectivity index (χ0v) is 26.2. The van der Waals surface area contributed by atoms with Crippen LogP contribution in [0.25, 0.3) is 0 Å². The second kappa shape index (κ2) is 12.3. The van der Waals surface area contributed by atoms with Crippen LogP contribution in [-0.4, -0.2) is 67.3 Å². The first-order valence-corrected chi connectivity index (χ1v) is 17.1. The van der Waals surface area contributed by atoms with Crippen molar-refractivity contribution in [2.45, 2.75) is 64.5 Å². The number of methoxy groups -OCH3 is 1. The fourth-order valence-electron chi connectivity index (χ4n) is 3.25. The van der Waals surface area contributed by atoms with Crippen LogP contribution in [0.15, 0.2) is 32.6 Å². The number of hydrogen-bond acceptors (Lipinski definition) is 8. The molecule has 0 aliphatic carbocycles. The van der Waals surface area contributed by atoms with Gasteiger partial charge in [-0.15, -0.1) is 0 Å². The molecular formula is C25H34BrFN2O7SSi. The van der Waals surface area contributed by atoms with E-state index in [0.29, 0.717) is 11.1 Å². The Morgan fingerprint density at radius 1 is 1.24 bits per heavy atom. The van der Waals surface area contributed by atoms with Crippen LogP contribution in [0.4, 0.5) is 9.18 Å². The Morgan fingerprint density at radius 3 is 2.39 bits per heavy atom. The Hall–Kier alpha value is -2.22. The number of rotatable bonds is 8. The van der Waals surface area contributed by atoms with E-state index in [4.69, 9.17) is 14.2 Å². The second-order valence-corrected chi connectivity index (χ2v) is 18.6. The predicted octanol–water partition coefficient (Wildman–Crippen LogP) is 6.21. The first-order chi connectivity index (χ1) is 17.4. The topological polar surface area (TPSA) is 115 Å². The third-order valence-electron chi connectivity index (χ3n) is 5.20. The smallest absolute Gasteiger partial charge is 0.418 e. The van der Waals surface area contributed by atoms with E-state index in [-0.39, 0.29) is 27.9 Å². The van der Waals surface area contributed by atoms with E-state index in [1.807, 2.05) is 0 Å². The van der Waals surface area contributed by atoms with Crippen molar-refractivity contribution in [3.05, 3.63) is 44.5 Å². The number of aliphatic imine (C=N–C) groups is 1. The zero-order valence-electron chi connectivity index (χ0n) is 22.8. The Labute approximate surface area is 235 Å². The van der Waals surface area contributed by atoms with Crippen molar-refractivity contribution in [1.82, 2.24) is 4.90 Å². The molecule has 1 amide bonds. The van der Waals surface area contributed by atoms with Crippen molar-refractivity contribution in [2.75, 3.05) is 20.4 Å². The number of carboxylic acids is 1. The van der Waals surface area contributed by atoms with E-state index in [0.717, 1.165) is 29.8 Å². The molecule has 1 unspecified atom stereocenters. The summed E-state index contributed by atoms with van der Waals surface area (Å²) in [5.41, 5.74) is -2.90. The molecule has 9 nitrogen and oxygen atoms in total. The molecule has 0 spiro atoms. The molecule has 1 aromatic carbocycles. The van der Waals surface area contributed by atoms with Gasteiger partial charge in [-0.2, -0.15) is 0 Å². The number of thioether (sulfide) groups is 1. The van der Waals surface area contributed by atoms with E-state index >= 15 is 4.39 Å². The molecule has 0 fully saturated rings. The Kier molecular flexibility index (Phi) is 10.4. The van der Waals surface area contributed by atoms with E-state index < -0.39 is 43.1 Å². The number of benzene rings is 1. The van der Waals surface area contributed by atoms with Crippen molar-refractivity contribution in [3.8, 4) is 0 Å². The highest BCUT2D eigenvalue weighted by Gasteiger charge is 2.39. The van der Waals surface area contributed by atoms with Gasteiger partial charge in [-0.1, -0.05) is 35.6 Å². The van der Waals surface area contributed by atoms with Crippen molar-refractivity contribution in [2.24, 2.45) is 4.99 Å². The Balaban J connectivity index is 2.63. The summed E-state index contributed by atoms with van der Waals surface area (Å²) in [5.74, 6) is -3.12. The van der Waals surface area contributed by atoms with Crippen LogP contribution in [0.2, 0.25) is 25.7 Å². The van der Waals surface area contributed by atoms with Gasteiger partial charge in [0.05, 0.1) is 17.6 Å². The lowest BCUT2D eigenvalue weighted by molar-refractivity contribution is -0.131. The van der Waals surface area contributed by atoms with Gasteiger partial charge in [0.25, 0.3) is 0 Å². The number of esters is 1. The maximum absolute atomic E-state index is 15.6. The van der Waals surface area contributed by atoms with Crippen LogP contribution in [0.3, 0.4) is 0 Å². The summed E-state index contributed by atoms with van der Waals surface area (Å²) in [6, 6.07) is 3.50. The van der Waals surface area contributed by atoms with E-state index in [1.165, 1.54) is 25.1 Å². The highest BCUT2D eigenvalue weighted by atomic mass is 79.9. The monoisotopic (exact) mass is 632 g/mol. The highest BCUT2D eigenvalue weighted by Crippen LogP contribution is 2.41. The second-order valence-electron chi connectivity index (χ2n) is 11.0. The van der Waals surface area contributed by atoms with Crippen LogP contribution >= 0.6 is 27.7 Å². The number of nitrogens with zero attached hydrogens (tertiary/aromatic N) is 2. The molecule has 1 aromatic rings. The molecule has 2 rings (SSSR count). The van der Waals surface area contributed by atoms with Crippen LogP contribution in [0.5, 0.6) is 0 Å². The number of halogens is 2. The number of hydrogen-bond donors (Lipinski definition) is 1. The minimum atomic E-state index is -1.61. The fourth-order valence-corrected chi connectivity index (χ4v) is 5.51. The molecule has 210 valence electrons.